The second kappa shape index (κ2) is 6.28. The Balaban J connectivity index is 2.11. The second-order valence-corrected chi connectivity index (χ2v) is 5.12. The zero-order valence-electron chi connectivity index (χ0n) is 10.8. The van der Waals surface area contributed by atoms with Crippen molar-refractivity contribution in [3.63, 3.8) is 0 Å². The first kappa shape index (κ1) is 13.5. The fourth-order valence-corrected chi connectivity index (χ4v) is 2.76. The van der Waals surface area contributed by atoms with Gasteiger partial charge in [0.2, 0.25) is 0 Å². The van der Waals surface area contributed by atoms with E-state index in [9.17, 15) is 4.79 Å². The van der Waals surface area contributed by atoms with Crippen LogP contribution in [0.3, 0.4) is 0 Å². The lowest BCUT2D eigenvalue weighted by Crippen LogP contribution is -2.40. The summed E-state index contributed by atoms with van der Waals surface area (Å²) >= 11 is 5.81. The third-order valence-electron chi connectivity index (χ3n) is 3.57. The Kier molecular flexibility index (Phi) is 4.70. The van der Waals surface area contributed by atoms with Crippen LogP contribution < -0.4 is 0 Å². The van der Waals surface area contributed by atoms with Crippen LogP contribution in [0, 0.1) is 0 Å². The fourth-order valence-electron chi connectivity index (χ4n) is 2.58. The molecule has 4 heteroatoms. The first-order chi connectivity index (χ1) is 8.76. The van der Waals surface area contributed by atoms with Crippen LogP contribution in [0.25, 0.3) is 0 Å². The molecular formula is C14H20ClNO2. The predicted octanol–water partition coefficient (Wildman–Crippen LogP) is 3.47. The van der Waals surface area contributed by atoms with E-state index in [1.165, 1.54) is 12.8 Å². The topological polar surface area (TPSA) is 33.5 Å². The van der Waals surface area contributed by atoms with Crippen LogP contribution in [-0.2, 0) is 6.42 Å². The summed E-state index contributed by atoms with van der Waals surface area (Å²) in [5.41, 5.74) is 0. The summed E-state index contributed by atoms with van der Waals surface area (Å²) in [6.07, 6.45) is 5.39. The van der Waals surface area contributed by atoms with Crippen molar-refractivity contribution in [3.8, 4) is 0 Å². The summed E-state index contributed by atoms with van der Waals surface area (Å²) in [6.45, 7) is 2.62. The van der Waals surface area contributed by atoms with Crippen LogP contribution >= 0.6 is 11.6 Å². The SMILES string of the molecule is CCc1ccc(C(=O)N(CCCl)C2CCCC2)o1. The highest BCUT2D eigenvalue weighted by Gasteiger charge is 2.28. The van der Waals surface area contributed by atoms with Gasteiger partial charge < -0.3 is 9.32 Å². The summed E-state index contributed by atoms with van der Waals surface area (Å²) in [5.74, 6) is 1.77. The average Bonchev–Trinajstić information content (AvgIpc) is 3.05. The number of alkyl halides is 1. The molecule has 1 aliphatic rings. The highest BCUT2D eigenvalue weighted by atomic mass is 35.5. The van der Waals surface area contributed by atoms with Crippen molar-refractivity contribution in [1.82, 2.24) is 4.90 Å². The van der Waals surface area contributed by atoms with Gasteiger partial charge in [0, 0.05) is 24.9 Å². The van der Waals surface area contributed by atoms with Gasteiger partial charge in [-0.05, 0) is 25.0 Å². The molecule has 1 aromatic rings. The van der Waals surface area contributed by atoms with Gasteiger partial charge in [-0.25, -0.2) is 0 Å². The lowest BCUT2D eigenvalue weighted by Gasteiger charge is -2.27. The minimum atomic E-state index is -0.0118. The smallest absolute Gasteiger partial charge is 0.289 e. The highest BCUT2D eigenvalue weighted by molar-refractivity contribution is 6.18. The Morgan fingerprint density at radius 2 is 2.17 bits per heavy atom. The van der Waals surface area contributed by atoms with Crippen LogP contribution in [0.2, 0.25) is 0 Å². The number of rotatable bonds is 5. The molecule has 0 aromatic carbocycles. The molecule has 0 bridgehead atoms. The molecule has 0 spiro atoms. The maximum Gasteiger partial charge on any atom is 0.289 e. The van der Waals surface area contributed by atoms with E-state index >= 15 is 0 Å². The lowest BCUT2D eigenvalue weighted by molar-refractivity contribution is 0.0660. The summed E-state index contributed by atoms with van der Waals surface area (Å²) in [5, 5.41) is 0. The molecule has 1 fully saturated rings. The van der Waals surface area contributed by atoms with Gasteiger partial charge in [0.1, 0.15) is 5.76 Å². The van der Waals surface area contributed by atoms with Crippen LogP contribution in [-0.4, -0.2) is 29.3 Å². The summed E-state index contributed by atoms with van der Waals surface area (Å²) in [7, 11) is 0. The van der Waals surface area contributed by atoms with Gasteiger partial charge in [-0.3, -0.25) is 4.79 Å². The molecule has 1 amide bonds. The van der Waals surface area contributed by atoms with Crippen molar-refractivity contribution in [2.24, 2.45) is 0 Å². The van der Waals surface area contributed by atoms with Crippen molar-refractivity contribution in [2.45, 2.75) is 45.1 Å². The average molecular weight is 270 g/mol. The standard InChI is InChI=1S/C14H20ClNO2/c1-2-12-7-8-13(18-12)14(17)16(10-9-15)11-5-3-4-6-11/h7-8,11H,2-6,9-10H2,1H3. The van der Waals surface area contributed by atoms with Gasteiger partial charge in [-0.15, -0.1) is 11.6 Å². The van der Waals surface area contributed by atoms with Crippen molar-refractivity contribution >= 4 is 17.5 Å². The first-order valence-corrected chi connectivity index (χ1v) is 7.25. The molecule has 18 heavy (non-hydrogen) atoms. The van der Waals surface area contributed by atoms with E-state index in [0.29, 0.717) is 24.2 Å². The second-order valence-electron chi connectivity index (χ2n) is 4.75. The van der Waals surface area contributed by atoms with E-state index in [1.54, 1.807) is 6.07 Å². The molecule has 1 saturated carbocycles. The normalized spacial score (nSPS) is 16.1. The zero-order valence-corrected chi connectivity index (χ0v) is 11.6. The van der Waals surface area contributed by atoms with E-state index in [-0.39, 0.29) is 5.91 Å². The van der Waals surface area contributed by atoms with Crippen molar-refractivity contribution in [2.75, 3.05) is 12.4 Å². The highest BCUT2D eigenvalue weighted by Crippen LogP contribution is 2.25. The van der Waals surface area contributed by atoms with Crippen LogP contribution in [0.5, 0.6) is 0 Å². The molecule has 0 unspecified atom stereocenters. The molecule has 1 heterocycles. The van der Waals surface area contributed by atoms with E-state index in [1.807, 2.05) is 17.9 Å². The van der Waals surface area contributed by atoms with Gasteiger partial charge in [-0.2, -0.15) is 0 Å². The predicted molar refractivity (Wildman–Crippen MR) is 72.1 cm³/mol. The molecule has 1 aromatic heterocycles. The van der Waals surface area contributed by atoms with Gasteiger partial charge in [0.25, 0.3) is 5.91 Å². The molecule has 0 aliphatic heterocycles. The van der Waals surface area contributed by atoms with Crippen LogP contribution in [0.15, 0.2) is 16.5 Å². The fraction of sp³-hybridized carbons (Fsp3) is 0.643. The maximum absolute atomic E-state index is 12.4. The molecule has 1 aliphatic carbocycles. The third-order valence-corrected chi connectivity index (χ3v) is 3.74. The first-order valence-electron chi connectivity index (χ1n) is 6.72. The van der Waals surface area contributed by atoms with Crippen molar-refractivity contribution < 1.29 is 9.21 Å². The molecule has 3 nitrogen and oxygen atoms in total. The van der Waals surface area contributed by atoms with Gasteiger partial charge in [0.05, 0.1) is 0 Å². The van der Waals surface area contributed by atoms with Gasteiger partial charge >= 0.3 is 0 Å². The summed E-state index contributed by atoms with van der Waals surface area (Å²) < 4.78 is 5.55. The van der Waals surface area contributed by atoms with E-state index in [0.717, 1.165) is 25.0 Å². The van der Waals surface area contributed by atoms with Crippen LogP contribution in [0.4, 0.5) is 0 Å². The Morgan fingerprint density at radius 1 is 1.44 bits per heavy atom. The number of hydrogen-bond donors (Lipinski definition) is 0. The third kappa shape index (κ3) is 2.89. The van der Waals surface area contributed by atoms with Crippen molar-refractivity contribution in [3.05, 3.63) is 23.7 Å². The molecule has 0 radical (unpaired) electrons. The van der Waals surface area contributed by atoms with E-state index in [2.05, 4.69) is 0 Å². The number of halogens is 1. The lowest BCUT2D eigenvalue weighted by atomic mass is 10.2. The quantitative estimate of drug-likeness (QED) is 0.767. The molecule has 0 saturated heterocycles. The summed E-state index contributed by atoms with van der Waals surface area (Å²) in [4.78, 5) is 14.3. The van der Waals surface area contributed by atoms with Crippen LogP contribution in [0.1, 0.15) is 48.9 Å². The number of furan rings is 1. The molecule has 100 valence electrons. The molecular weight excluding hydrogens is 250 g/mol. The van der Waals surface area contributed by atoms with E-state index in [4.69, 9.17) is 16.0 Å². The minimum absolute atomic E-state index is 0.0118. The Morgan fingerprint density at radius 3 is 2.72 bits per heavy atom. The Bertz CT molecular complexity index is 396. The van der Waals surface area contributed by atoms with Gasteiger partial charge in [0.15, 0.2) is 5.76 Å². The number of amides is 1. The largest absolute Gasteiger partial charge is 0.456 e. The summed E-state index contributed by atoms with van der Waals surface area (Å²) in [6, 6.07) is 3.99. The minimum Gasteiger partial charge on any atom is -0.456 e. The number of carbonyl (C=O) groups excluding carboxylic acids is 1. The number of aryl methyl sites for hydroxylation is 1. The van der Waals surface area contributed by atoms with E-state index < -0.39 is 0 Å². The number of carbonyl (C=O) groups is 1. The van der Waals surface area contributed by atoms with Gasteiger partial charge in [-0.1, -0.05) is 19.8 Å². The molecule has 0 N–H and O–H groups in total. The zero-order chi connectivity index (χ0) is 13.0. The Labute approximate surface area is 113 Å². The number of hydrogen-bond acceptors (Lipinski definition) is 2. The maximum atomic E-state index is 12.4. The number of nitrogens with zero attached hydrogens (tertiary/aromatic N) is 1. The Hall–Kier alpha value is -0.960. The monoisotopic (exact) mass is 269 g/mol. The molecule has 0 atom stereocenters. The van der Waals surface area contributed by atoms with Crippen molar-refractivity contribution in [1.29, 1.82) is 0 Å². The molecule has 2 rings (SSSR count).